The molecule has 7 nitrogen and oxygen atoms in total. The molecule has 1 aromatic rings. The van der Waals surface area contributed by atoms with Gasteiger partial charge in [-0.2, -0.15) is 0 Å². The molecule has 116 valence electrons. The van der Waals surface area contributed by atoms with Crippen molar-refractivity contribution in [2.75, 3.05) is 50.1 Å². The first-order valence-electron chi connectivity index (χ1n) is 7.67. The normalized spacial score (nSPS) is 19.5. The molecule has 0 atom stereocenters. The molecule has 0 radical (unpaired) electrons. The average molecular weight is 292 g/mol. The van der Waals surface area contributed by atoms with E-state index in [1.165, 1.54) is 12.8 Å². The van der Waals surface area contributed by atoms with Crippen molar-refractivity contribution in [2.45, 2.75) is 25.7 Å². The lowest BCUT2D eigenvalue weighted by Crippen LogP contribution is -2.39. The van der Waals surface area contributed by atoms with E-state index in [0.717, 1.165) is 62.4 Å². The summed E-state index contributed by atoms with van der Waals surface area (Å²) in [6.07, 6.45) is 2.36. The van der Waals surface area contributed by atoms with E-state index in [0.29, 0.717) is 5.92 Å². The van der Waals surface area contributed by atoms with Crippen LogP contribution < -0.4 is 16.6 Å². The van der Waals surface area contributed by atoms with Crippen LogP contribution in [0, 0.1) is 6.92 Å². The summed E-state index contributed by atoms with van der Waals surface area (Å²) in [4.78, 5) is 11.6. The van der Waals surface area contributed by atoms with Crippen LogP contribution in [0.4, 0.5) is 11.6 Å². The second-order valence-electron chi connectivity index (χ2n) is 5.70. The van der Waals surface area contributed by atoms with Crippen molar-refractivity contribution in [2.24, 2.45) is 5.84 Å². The number of nitrogens with one attached hydrogen (secondary N) is 2. The van der Waals surface area contributed by atoms with E-state index in [2.05, 4.69) is 25.6 Å². The first kappa shape index (κ1) is 14.5. The molecule has 21 heavy (non-hydrogen) atoms. The van der Waals surface area contributed by atoms with Crippen molar-refractivity contribution < 1.29 is 4.74 Å². The molecule has 2 fully saturated rings. The molecule has 2 aliphatic rings. The smallest absolute Gasteiger partial charge is 0.148 e. The zero-order valence-corrected chi connectivity index (χ0v) is 12.6. The number of ether oxygens (including phenoxy) is 1. The van der Waals surface area contributed by atoms with Gasteiger partial charge in [-0.25, -0.2) is 15.8 Å². The van der Waals surface area contributed by atoms with Crippen molar-refractivity contribution in [3.63, 3.8) is 0 Å². The molecule has 4 N–H and O–H groups in total. The molecule has 2 heterocycles. The molecule has 1 saturated heterocycles. The number of anilines is 2. The maximum absolute atomic E-state index is 5.56. The lowest BCUT2D eigenvalue weighted by Gasteiger charge is -2.26. The van der Waals surface area contributed by atoms with Crippen LogP contribution in [0.1, 0.15) is 30.1 Å². The summed E-state index contributed by atoms with van der Waals surface area (Å²) < 4.78 is 5.36. The monoisotopic (exact) mass is 292 g/mol. The van der Waals surface area contributed by atoms with Gasteiger partial charge in [-0.1, -0.05) is 0 Å². The molecule has 1 aromatic heterocycles. The fourth-order valence-corrected chi connectivity index (χ4v) is 2.53. The van der Waals surface area contributed by atoms with Crippen LogP contribution in [0.25, 0.3) is 0 Å². The predicted molar refractivity (Wildman–Crippen MR) is 82.3 cm³/mol. The van der Waals surface area contributed by atoms with Crippen LogP contribution in [-0.4, -0.2) is 54.3 Å². The number of aromatic nitrogens is 2. The number of nitrogen functional groups attached to an aromatic ring is 1. The van der Waals surface area contributed by atoms with E-state index in [1.807, 2.05) is 6.92 Å². The van der Waals surface area contributed by atoms with Crippen LogP contribution in [0.15, 0.2) is 0 Å². The summed E-state index contributed by atoms with van der Waals surface area (Å²) in [7, 11) is 0. The number of morpholine rings is 1. The Hall–Kier alpha value is -1.44. The Kier molecular flexibility index (Phi) is 4.52. The van der Waals surface area contributed by atoms with Gasteiger partial charge in [0.15, 0.2) is 0 Å². The first-order valence-corrected chi connectivity index (χ1v) is 7.67. The molecule has 0 aromatic carbocycles. The van der Waals surface area contributed by atoms with Crippen LogP contribution in [0.5, 0.6) is 0 Å². The van der Waals surface area contributed by atoms with E-state index < -0.39 is 0 Å². The molecule has 0 spiro atoms. The van der Waals surface area contributed by atoms with Gasteiger partial charge in [0.25, 0.3) is 0 Å². The Balaban J connectivity index is 1.61. The third-order valence-electron chi connectivity index (χ3n) is 4.07. The second-order valence-corrected chi connectivity index (χ2v) is 5.70. The first-order chi connectivity index (χ1) is 10.3. The molecule has 0 amide bonds. The number of nitrogens with zero attached hydrogens (tertiary/aromatic N) is 3. The summed E-state index contributed by atoms with van der Waals surface area (Å²) >= 11 is 0. The minimum absolute atomic E-state index is 0.512. The molecule has 1 aliphatic heterocycles. The number of rotatable bonds is 6. The van der Waals surface area contributed by atoms with E-state index in [1.54, 1.807) is 0 Å². The Morgan fingerprint density at radius 2 is 1.95 bits per heavy atom. The highest BCUT2D eigenvalue weighted by atomic mass is 16.5. The average Bonchev–Trinajstić information content (AvgIpc) is 3.35. The molecule has 0 unspecified atom stereocenters. The standard InChI is InChI=1S/C14H24N6O/c1-10-12(16-4-5-20-6-8-21-9-7-20)17-14(11-2-3-11)18-13(10)19-15/h11H,2-9,15H2,1H3,(H2,16,17,18,19). The van der Waals surface area contributed by atoms with Gasteiger partial charge in [0.1, 0.15) is 17.5 Å². The zero-order valence-electron chi connectivity index (χ0n) is 12.6. The third kappa shape index (κ3) is 3.61. The molecular formula is C14H24N6O. The largest absolute Gasteiger partial charge is 0.379 e. The maximum Gasteiger partial charge on any atom is 0.148 e. The Bertz CT molecular complexity index is 485. The zero-order chi connectivity index (χ0) is 14.7. The van der Waals surface area contributed by atoms with E-state index in [4.69, 9.17) is 10.6 Å². The summed E-state index contributed by atoms with van der Waals surface area (Å²) in [5.74, 6) is 8.60. The van der Waals surface area contributed by atoms with Gasteiger partial charge in [-0.3, -0.25) is 4.90 Å². The SMILES string of the molecule is Cc1c(NN)nc(C2CC2)nc1NCCN1CCOCC1. The topological polar surface area (TPSA) is 88.3 Å². The molecule has 1 saturated carbocycles. The highest BCUT2D eigenvalue weighted by Crippen LogP contribution is 2.39. The Labute approximate surface area is 125 Å². The Morgan fingerprint density at radius 3 is 2.62 bits per heavy atom. The van der Waals surface area contributed by atoms with Gasteiger partial charge in [0.2, 0.25) is 0 Å². The van der Waals surface area contributed by atoms with Crippen LogP contribution >= 0.6 is 0 Å². The minimum atomic E-state index is 0.512. The fraction of sp³-hybridized carbons (Fsp3) is 0.714. The maximum atomic E-state index is 5.56. The van der Waals surface area contributed by atoms with Crippen molar-refractivity contribution in [3.05, 3.63) is 11.4 Å². The number of hydrogen-bond acceptors (Lipinski definition) is 7. The quantitative estimate of drug-likeness (QED) is 0.525. The van der Waals surface area contributed by atoms with Crippen LogP contribution in [0.3, 0.4) is 0 Å². The van der Waals surface area contributed by atoms with Crippen molar-refractivity contribution >= 4 is 11.6 Å². The highest BCUT2D eigenvalue weighted by Gasteiger charge is 2.28. The van der Waals surface area contributed by atoms with Gasteiger partial charge < -0.3 is 15.5 Å². The van der Waals surface area contributed by atoms with Crippen molar-refractivity contribution in [3.8, 4) is 0 Å². The van der Waals surface area contributed by atoms with Gasteiger partial charge in [0.05, 0.1) is 13.2 Å². The molecule has 0 bridgehead atoms. The summed E-state index contributed by atoms with van der Waals surface area (Å²) in [5, 5.41) is 3.43. The summed E-state index contributed by atoms with van der Waals surface area (Å²) in [5.41, 5.74) is 3.66. The summed E-state index contributed by atoms with van der Waals surface area (Å²) in [6, 6.07) is 0. The van der Waals surface area contributed by atoms with Gasteiger partial charge >= 0.3 is 0 Å². The van der Waals surface area contributed by atoms with Crippen LogP contribution in [-0.2, 0) is 4.74 Å². The van der Waals surface area contributed by atoms with E-state index in [9.17, 15) is 0 Å². The molecule has 7 heteroatoms. The van der Waals surface area contributed by atoms with Gasteiger partial charge in [-0.15, -0.1) is 0 Å². The van der Waals surface area contributed by atoms with Gasteiger partial charge in [-0.05, 0) is 19.8 Å². The molecule has 3 rings (SSSR count). The van der Waals surface area contributed by atoms with E-state index in [-0.39, 0.29) is 0 Å². The summed E-state index contributed by atoms with van der Waals surface area (Å²) in [6.45, 7) is 7.53. The Morgan fingerprint density at radius 1 is 1.24 bits per heavy atom. The second kappa shape index (κ2) is 6.55. The fourth-order valence-electron chi connectivity index (χ4n) is 2.53. The van der Waals surface area contributed by atoms with Crippen LogP contribution in [0.2, 0.25) is 0 Å². The van der Waals surface area contributed by atoms with E-state index >= 15 is 0 Å². The lowest BCUT2D eigenvalue weighted by molar-refractivity contribution is 0.0398. The number of nitrogens with two attached hydrogens (primary N) is 1. The van der Waals surface area contributed by atoms with Crippen molar-refractivity contribution in [1.82, 2.24) is 14.9 Å². The molecule has 1 aliphatic carbocycles. The lowest BCUT2D eigenvalue weighted by atomic mass is 10.2. The highest BCUT2D eigenvalue weighted by molar-refractivity contribution is 5.57. The van der Waals surface area contributed by atoms with Gasteiger partial charge in [0, 0.05) is 37.7 Å². The van der Waals surface area contributed by atoms with Crippen molar-refractivity contribution in [1.29, 1.82) is 0 Å². The minimum Gasteiger partial charge on any atom is -0.379 e. The number of hydrazine groups is 1. The third-order valence-corrected chi connectivity index (χ3v) is 4.07. The number of hydrogen-bond donors (Lipinski definition) is 3. The molecular weight excluding hydrogens is 268 g/mol. The predicted octanol–water partition coefficient (Wildman–Crippen LogP) is 0.692.